The summed E-state index contributed by atoms with van der Waals surface area (Å²) >= 11 is 0. The molecular formula is C10H26N4. The van der Waals surface area contributed by atoms with Crippen molar-refractivity contribution < 1.29 is 0 Å². The lowest BCUT2D eigenvalue weighted by Crippen LogP contribution is -2.61. The van der Waals surface area contributed by atoms with E-state index in [1.165, 1.54) is 0 Å². The van der Waals surface area contributed by atoms with Crippen LogP contribution in [0.4, 0.5) is 0 Å². The van der Waals surface area contributed by atoms with E-state index in [1.807, 2.05) is 28.2 Å². The van der Waals surface area contributed by atoms with Crippen LogP contribution in [0.5, 0.6) is 0 Å². The molecule has 0 saturated heterocycles. The molecule has 0 spiro atoms. The molecule has 0 aliphatic heterocycles. The summed E-state index contributed by atoms with van der Waals surface area (Å²) in [6, 6.07) is 1.70. The third kappa shape index (κ3) is 3.53. The minimum atomic E-state index is 0.410. The standard InChI is InChI=1S/C10H26N4/c1-7(11-3)9(13-5)10(14-6)8(2)12-4/h7-14H,1-6H3. The Labute approximate surface area is 88.2 Å². The third-order valence-corrected chi connectivity index (χ3v) is 3.04. The van der Waals surface area contributed by atoms with E-state index in [0.29, 0.717) is 24.2 Å². The maximum Gasteiger partial charge on any atom is 0.0385 e. The van der Waals surface area contributed by atoms with Gasteiger partial charge in [0.05, 0.1) is 0 Å². The second-order valence-corrected chi connectivity index (χ2v) is 3.78. The molecule has 0 fully saturated rings. The van der Waals surface area contributed by atoms with Crippen molar-refractivity contribution >= 4 is 0 Å². The highest BCUT2D eigenvalue weighted by Crippen LogP contribution is 2.03. The third-order valence-electron chi connectivity index (χ3n) is 3.04. The summed E-state index contributed by atoms with van der Waals surface area (Å²) in [6.07, 6.45) is 0. The van der Waals surface area contributed by atoms with Crippen LogP contribution in [0.2, 0.25) is 0 Å². The Morgan fingerprint density at radius 1 is 0.571 bits per heavy atom. The normalized spacial score (nSPS) is 20.1. The SMILES string of the molecule is CNC(C)C(NC)C(NC)C(C)NC. The zero-order valence-corrected chi connectivity index (χ0v) is 10.3. The molecule has 0 aromatic heterocycles. The van der Waals surface area contributed by atoms with Crippen LogP contribution < -0.4 is 21.3 Å². The first-order chi connectivity index (χ1) is 6.62. The second kappa shape index (κ2) is 7.17. The molecule has 0 heterocycles. The van der Waals surface area contributed by atoms with Gasteiger partial charge in [0.25, 0.3) is 0 Å². The van der Waals surface area contributed by atoms with Gasteiger partial charge in [0.1, 0.15) is 0 Å². The highest BCUT2D eigenvalue weighted by atomic mass is 15.1. The van der Waals surface area contributed by atoms with Gasteiger partial charge in [0, 0.05) is 24.2 Å². The minimum absolute atomic E-state index is 0.410. The Morgan fingerprint density at radius 2 is 0.857 bits per heavy atom. The van der Waals surface area contributed by atoms with Crippen LogP contribution in [-0.2, 0) is 0 Å². The Balaban J connectivity index is 4.43. The first-order valence-corrected chi connectivity index (χ1v) is 5.31. The summed E-state index contributed by atoms with van der Waals surface area (Å²) in [7, 11) is 7.99. The topological polar surface area (TPSA) is 48.1 Å². The van der Waals surface area contributed by atoms with Crippen LogP contribution in [0.3, 0.4) is 0 Å². The maximum absolute atomic E-state index is 3.35. The quantitative estimate of drug-likeness (QED) is 0.444. The fourth-order valence-corrected chi connectivity index (χ4v) is 1.84. The van der Waals surface area contributed by atoms with Gasteiger partial charge < -0.3 is 21.3 Å². The van der Waals surface area contributed by atoms with E-state index in [4.69, 9.17) is 0 Å². The number of likely N-dealkylation sites (N-methyl/N-ethyl adjacent to an activating group) is 4. The summed E-state index contributed by atoms with van der Waals surface area (Å²) in [5.41, 5.74) is 0. The molecule has 4 atom stereocenters. The molecule has 0 saturated carbocycles. The number of rotatable bonds is 7. The van der Waals surface area contributed by atoms with Crippen molar-refractivity contribution in [1.82, 2.24) is 21.3 Å². The van der Waals surface area contributed by atoms with E-state index in [9.17, 15) is 0 Å². The minimum Gasteiger partial charge on any atom is -0.316 e. The summed E-state index contributed by atoms with van der Waals surface area (Å²) in [6.45, 7) is 4.38. The van der Waals surface area contributed by atoms with Gasteiger partial charge in [-0.2, -0.15) is 0 Å². The molecule has 4 heteroatoms. The molecule has 4 unspecified atom stereocenters. The lowest BCUT2D eigenvalue weighted by Gasteiger charge is -2.35. The van der Waals surface area contributed by atoms with Crippen molar-refractivity contribution in [2.45, 2.75) is 38.0 Å². The van der Waals surface area contributed by atoms with Crippen LogP contribution in [0.1, 0.15) is 13.8 Å². The van der Waals surface area contributed by atoms with E-state index >= 15 is 0 Å². The molecule has 14 heavy (non-hydrogen) atoms. The monoisotopic (exact) mass is 202 g/mol. The van der Waals surface area contributed by atoms with E-state index in [1.54, 1.807) is 0 Å². The molecule has 0 aromatic carbocycles. The average molecular weight is 202 g/mol. The van der Waals surface area contributed by atoms with Crippen LogP contribution in [0.25, 0.3) is 0 Å². The van der Waals surface area contributed by atoms with E-state index in [0.717, 1.165) is 0 Å². The summed E-state index contributed by atoms with van der Waals surface area (Å²) in [4.78, 5) is 0. The predicted octanol–water partition coefficient (Wildman–Crippen LogP) is -0.622. The molecule has 86 valence electrons. The lowest BCUT2D eigenvalue weighted by molar-refractivity contribution is 0.292. The van der Waals surface area contributed by atoms with Crippen LogP contribution in [0.15, 0.2) is 0 Å². The molecule has 0 radical (unpaired) electrons. The fourth-order valence-electron chi connectivity index (χ4n) is 1.84. The molecule has 4 N–H and O–H groups in total. The largest absolute Gasteiger partial charge is 0.316 e. The zero-order valence-electron chi connectivity index (χ0n) is 10.3. The summed E-state index contributed by atoms with van der Waals surface area (Å²) in [5, 5.41) is 13.3. The Hall–Kier alpha value is -0.160. The summed E-state index contributed by atoms with van der Waals surface area (Å²) < 4.78 is 0. The highest BCUT2D eigenvalue weighted by Gasteiger charge is 2.26. The fraction of sp³-hybridized carbons (Fsp3) is 1.00. The Kier molecular flexibility index (Phi) is 7.09. The van der Waals surface area contributed by atoms with Gasteiger partial charge in [-0.15, -0.1) is 0 Å². The molecule has 0 rings (SSSR count). The summed E-state index contributed by atoms with van der Waals surface area (Å²) in [5.74, 6) is 0. The number of hydrogen-bond acceptors (Lipinski definition) is 4. The van der Waals surface area contributed by atoms with Crippen molar-refractivity contribution in [3.63, 3.8) is 0 Å². The maximum atomic E-state index is 3.35. The van der Waals surface area contributed by atoms with Crippen molar-refractivity contribution in [3.05, 3.63) is 0 Å². The van der Waals surface area contributed by atoms with Gasteiger partial charge in [-0.05, 0) is 42.0 Å². The molecule has 0 amide bonds. The molecular weight excluding hydrogens is 176 g/mol. The Bertz CT molecular complexity index is 124. The first kappa shape index (κ1) is 13.8. The van der Waals surface area contributed by atoms with Gasteiger partial charge in [-0.3, -0.25) is 0 Å². The van der Waals surface area contributed by atoms with E-state index in [2.05, 4.69) is 35.1 Å². The number of hydrogen-bond donors (Lipinski definition) is 4. The van der Waals surface area contributed by atoms with E-state index < -0.39 is 0 Å². The highest BCUT2D eigenvalue weighted by molar-refractivity contribution is 4.92. The van der Waals surface area contributed by atoms with Gasteiger partial charge in [0.15, 0.2) is 0 Å². The first-order valence-electron chi connectivity index (χ1n) is 5.31. The van der Waals surface area contributed by atoms with Crippen molar-refractivity contribution in [3.8, 4) is 0 Å². The van der Waals surface area contributed by atoms with Gasteiger partial charge >= 0.3 is 0 Å². The molecule has 0 bridgehead atoms. The molecule has 0 aliphatic rings. The van der Waals surface area contributed by atoms with Crippen molar-refractivity contribution in [2.75, 3.05) is 28.2 Å². The second-order valence-electron chi connectivity index (χ2n) is 3.78. The zero-order chi connectivity index (χ0) is 11.1. The molecule has 0 aromatic rings. The van der Waals surface area contributed by atoms with E-state index in [-0.39, 0.29) is 0 Å². The Morgan fingerprint density at radius 3 is 1.00 bits per heavy atom. The van der Waals surface area contributed by atoms with Crippen molar-refractivity contribution in [1.29, 1.82) is 0 Å². The molecule has 0 aliphatic carbocycles. The van der Waals surface area contributed by atoms with Gasteiger partial charge in [0.2, 0.25) is 0 Å². The molecule has 4 nitrogen and oxygen atoms in total. The van der Waals surface area contributed by atoms with Crippen molar-refractivity contribution in [2.24, 2.45) is 0 Å². The van der Waals surface area contributed by atoms with Crippen LogP contribution in [0, 0.1) is 0 Å². The van der Waals surface area contributed by atoms with Crippen LogP contribution in [-0.4, -0.2) is 52.4 Å². The van der Waals surface area contributed by atoms with Crippen LogP contribution >= 0.6 is 0 Å². The predicted molar refractivity (Wildman–Crippen MR) is 62.7 cm³/mol. The van der Waals surface area contributed by atoms with Gasteiger partial charge in [-0.1, -0.05) is 0 Å². The van der Waals surface area contributed by atoms with Gasteiger partial charge in [-0.25, -0.2) is 0 Å². The lowest BCUT2D eigenvalue weighted by atomic mass is 9.96. The smallest absolute Gasteiger partial charge is 0.0385 e. The number of nitrogens with one attached hydrogen (secondary N) is 4. The average Bonchev–Trinajstić information content (AvgIpc) is 2.23.